The van der Waals surface area contributed by atoms with Crippen molar-refractivity contribution in [3.63, 3.8) is 0 Å². The molecule has 4 rings (SSSR count). The number of hydrogen-bond acceptors (Lipinski definition) is 8. The fraction of sp³-hybridized carbons (Fsp3) is 0.167. The Kier molecular flexibility index (Phi) is 12.2. The van der Waals surface area contributed by atoms with Crippen LogP contribution in [0.15, 0.2) is 73.1 Å². The Hall–Kier alpha value is -5.00. The molecule has 0 amide bonds. The summed E-state index contributed by atoms with van der Waals surface area (Å²) in [5.74, 6) is -1.27. The quantitative estimate of drug-likeness (QED) is 0.183. The van der Waals surface area contributed by atoms with E-state index >= 15 is 0 Å². The average Bonchev–Trinajstić information content (AvgIpc) is 3.03. The number of nitriles is 1. The number of carbonyl (C=O) groups excluding carboxylic acids is 2. The summed E-state index contributed by atoms with van der Waals surface area (Å²) in [4.78, 5) is 31.1. The third kappa shape index (κ3) is 9.01. The van der Waals surface area contributed by atoms with Crippen molar-refractivity contribution in [1.82, 2.24) is 9.97 Å². The van der Waals surface area contributed by atoms with E-state index in [0.29, 0.717) is 22.4 Å². The van der Waals surface area contributed by atoms with Gasteiger partial charge in [0.2, 0.25) is 0 Å². The van der Waals surface area contributed by atoms with Crippen molar-refractivity contribution in [3.8, 4) is 28.6 Å². The van der Waals surface area contributed by atoms with E-state index in [1.807, 2.05) is 6.07 Å². The number of nitrogens with two attached hydrogens (primary N) is 1. The Morgan fingerprint density at radius 2 is 1.16 bits per heavy atom. The summed E-state index contributed by atoms with van der Waals surface area (Å²) in [7, 11) is 2.42. The fourth-order valence-electron chi connectivity index (χ4n) is 3.76. The number of aromatic nitrogens is 2. The number of alkyl halides is 6. The summed E-state index contributed by atoms with van der Waals surface area (Å²) >= 11 is 0. The summed E-state index contributed by atoms with van der Waals surface area (Å²) in [6, 6.07) is 13.7. The second kappa shape index (κ2) is 15.1. The minimum absolute atomic E-state index is 0. The molecule has 8 nitrogen and oxygen atoms in total. The number of nitrogens with zero attached hydrogens (tertiary/aromatic N) is 3. The van der Waals surface area contributed by atoms with Crippen molar-refractivity contribution in [2.24, 2.45) is 5.73 Å². The van der Waals surface area contributed by atoms with Crippen LogP contribution in [0.2, 0.25) is 0 Å². The van der Waals surface area contributed by atoms with E-state index in [0.717, 1.165) is 30.5 Å². The van der Waals surface area contributed by atoms with Gasteiger partial charge in [-0.05, 0) is 42.0 Å². The van der Waals surface area contributed by atoms with Crippen molar-refractivity contribution in [2.75, 3.05) is 14.2 Å². The van der Waals surface area contributed by atoms with E-state index < -0.39 is 35.4 Å². The molecule has 2 aromatic heterocycles. The van der Waals surface area contributed by atoms with Gasteiger partial charge >= 0.3 is 24.3 Å². The Balaban J connectivity index is 0.000000307. The molecule has 0 unspecified atom stereocenters. The number of rotatable bonds is 5. The van der Waals surface area contributed by atoms with Crippen LogP contribution in [0.4, 0.5) is 26.3 Å². The lowest BCUT2D eigenvalue weighted by Gasteiger charge is -2.10. The highest BCUT2D eigenvalue weighted by molar-refractivity contribution is 5.92. The maximum Gasteiger partial charge on any atom is 0.416 e. The molecule has 0 spiro atoms. The van der Waals surface area contributed by atoms with Gasteiger partial charge in [0.05, 0.1) is 53.4 Å². The third-order valence-electron chi connectivity index (χ3n) is 6.06. The zero-order valence-electron chi connectivity index (χ0n) is 23.4. The van der Waals surface area contributed by atoms with Crippen molar-refractivity contribution < 1.29 is 45.4 Å². The molecule has 15 heteroatoms. The number of benzene rings is 2. The van der Waals surface area contributed by atoms with Crippen LogP contribution in [0, 0.1) is 11.3 Å². The first-order chi connectivity index (χ1) is 20.7. The second-order valence-corrected chi connectivity index (χ2v) is 8.79. The molecular formula is C30H23ClF6N4O4. The van der Waals surface area contributed by atoms with Crippen LogP contribution in [0.3, 0.4) is 0 Å². The van der Waals surface area contributed by atoms with Crippen LogP contribution < -0.4 is 5.73 Å². The van der Waals surface area contributed by atoms with E-state index in [4.69, 9.17) is 11.0 Å². The van der Waals surface area contributed by atoms with Gasteiger partial charge in [-0.15, -0.1) is 12.4 Å². The molecule has 0 aliphatic heterocycles. The maximum atomic E-state index is 12.5. The van der Waals surface area contributed by atoms with E-state index in [-0.39, 0.29) is 41.3 Å². The molecule has 0 bridgehead atoms. The highest BCUT2D eigenvalue weighted by Crippen LogP contribution is 2.32. The molecule has 0 atom stereocenters. The van der Waals surface area contributed by atoms with Crippen LogP contribution in [-0.4, -0.2) is 36.1 Å². The van der Waals surface area contributed by atoms with Gasteiger partial charge in [0.1, 0.15) is 6.07 Å². The zero-order chi connectivity index (χ0) is 32.7. The summed E-state index contributed by atoms with van der Waals surface area (Å²) in [5, 5.41) is 9.05. The predicted octanol–water partition coefficient (Wildman–Crippen LogP) is 6.86. The molecular weight excluding hydrogens is 630 g/mol. The van der Waals surface area contributed by atoms with E-state index in [9.17, 15) is 35.9 Å². The first kappa shape index (κ1) is 36.2. The monoisotopic (exact) mass is 652 g/mol. The van der Waals surface area contributed by atoms with E-state index in [1.165, 1.54) is 50.7 Å². The summed E-state index contributed by atoms with van der Waals surface area (Å²) in [6.45, 7) is 0.0839. The first-order valence-electron chi connectivity index (χ1n) is 12.3. The van der Waals surface area contributed by atoms with Gasteiger partial charge in [-0.1, -0.05) is 24.3 Å². The van der Waals surface area contributed by atoms with E-state index in [2.05, 4.69) is 19.4 Å². The molecule has 236 valence electrons. The Morgan fingerprint density at radius 1 is 0.756 bits per heavy atom. The molecule has 2 heterocycles. The molecule has 0 aliphatic carbocycles. The van der Waals surface area contributed by atoms with Gasteiger partial charge in [0, 0.05) is 30.1 Å². The molecule has 2 aromatic carbocycles. The molecule has 0 saturated heterocycles. The summed E-state index contributed by atoms with van der Waals surface area (Å²) in [5.41, 5.74) is 6.49. The number of pyridine rings is 2. The molecule has 0 fully saturated rings. The van der Waals surface area contributed by atoms with Crippen LogP contribution in [0.5, 0.6) is 0 Å². The van der Waals surface area contributed by atoms with Gasteiger partial charge in [-0.25, -0.2) is 9.59 Å². The first-order valence-corrected chi connectivity index (χ1v) is 12.3. The number of hydrogen-bond donors (Lipinski definition) is 1. The standard InChI is InChI=1S/C15H13F3N2O2.C15H9F3N2O2.ClH/c2*1-22-14(21)12-8-20-13(6-10(12)7-19)9-2-4-11(5-3-9)15(16,17)18;/h2-6,8H,7,19H2,1H3;2-6,8H,1H3;1H. The average molecular weight is 653 g/mol. The van der Waals surface area contributed by atoms with Crippen LogP contribution in [-0.2, 0) is 28.4 Å². The fourth-order valence-corrected chi connectivity index (χ4v) is 3.76. The van der Waals surface area contributed by atoms with Gasteiger partial charge in [0.25, 0.3) is 0 Å². The normalized spacial score (nSPS) is 10.8. The van der Waals surface area contributed by atoms with Gasteiger partial charge in [-0.2, -0.15) is 31.6 Å². The molecule has 2 N–H and O–H groups in total. The van der Waals surface area contributed by atoms with Gasteiger partial charge in [-0.3, -0.25) is 9.97 Å². The smallest absolute Gasteiger partial charge is 0.416 e. The largest absolute Gasteiger partial charge is 0.465 e. The minimum atomic E-state index is -4.42. The SMILES string of the molecule is COC(=O)c1cnc(-c2ccc(C(F)(F)F)cc2)cc1C#N.COC(=O)c1cnc(-c2ccc(C(F)(F)F)cc2)cc1CN.Cl. The predicted molar refractivity (Wildman–Crippen MR) is 152 cm³/mol. The molecule has 45 heavy (non-hydrogen) atoms. The lowest BCUT2D eigenvalue weighted by atomic mass is 10.0. The lowest BCUT2D eigenvalue weighted by molar-refractivity contribution is -0.138. The Labute approximate surface area is 258 Å². The number of methoxy groups -OCH3 is 2. The highest BCUT2D eigenvalue weighted by Gasteiger charge is 2.31. The number of halogens is 7. The zero-order valence-corrected chi connectivity index (χ0v) is 24.2. The number of carbonyl (C=O) groups is 2. The molecule has 4 aromatic rings. The molecule has 0 saturated carbocycles. The van der Waals surface area contributed by atoms with Crippen LogP contribution >= 0.6 is 12.4 Å². The van der Waals surface area contributed by atoms with E-state index in [1.54, 1.807) is 6.07 Å². The van der Waals surface area contributed by atoms with Crippen LogP contribution in [0.25, 0.3) is 22.5 Å². The number of esters is 2. The van der Waals surface area contributed by atoms with Gasteiger partial charge in [0.15, 0.2) is 0 Å². The second-order valence-electron chi connectivity index (χ2n) is 8.79. The molecule has 0 aliphatic rings. The Morgan fingerprint density at radius 3 is 1.53 bits per heavy atom. The molecule has 0 radical (unpaired) electrons. The topological polar surface area (TPSA) is 128 Å². The number of ether oxygens (including phenoxy) is 2. The Bertz CT molecular complexity index is 1690. The third-order valence-corrected chi connectivity index (χ3v) is 6.06. The van der Waals surface area contributed by atoms with Crippen molar-refractivity contribution in [3.05, 3.63) is 106 Å². The van der Waals surface area contributed by atoms with Crippen molar-refractivity contribution >= 4 is 24.3 Å². The lowest BCUT2D eigenvalue weighted by Crippen LogP contribution is -2.10. The highest BCUT2D eigenvalue weighted by atomic mass is 35.5. The van der Waals surface area contributed by atoms with Gasteiger partial charge < -0.3 is 15.2 Å². The maximum absolute atomic E-state index is 12.5. The van der Waals surface area contributed by atoms with Crippen molar-refractivity contribution in [2.45, 2.75) is 18.9 Å². The summed E-state index contributed by atoms with van der Waals surface area (Å²) in [6.07, 6.45) is -6.33. The van der Waals surface area contributed by atoms with Crippen molar-refractivity contribution in [1.29, 1.82) is 5.26 Å². The minimum Gasteiger partial charge on any atom is -0.465 e. The summed E-state index contributed by atoms with van der Waals surface area (Å²) < 4.78 is 84.3. The van der Waals surface area contributed by atoms with Crippen LogP contribution in [0.1, 0.15) is 43.0 Å².